The van der Waals surface area contributed by atoms with E-state index in [0.717, 1.165) is 15.5 Å². The predicted molar refractivity (Wildman–Crippen MR) is 73.2 cm³/mol. The van der Waals surface area contributed by atoms with Crippen molar-refractivity contribution in [2.24, 2.45) is 0 Å². The average molecular weight is 264 g/mol. The van der Waals surface area contributed by atoms with Crippen molar-refractivity contribution in [1.29, 1.82) is 0 Å². The molecule has 0 fully saturated rings. The summed E-state index contributed by atoms with van der Waals surface area (Å²) in [6.45, 7) is 3.91. The molecular weight excluding hydrogens is 252 g/mol. The molecule has 1 heterocycles. The van der Waals surface area contributed by atoms with Gasteiger partial charge in [-0.2, -0.15) is 0 Å². The number of rotatable bonds is 2. The number of amides is 1. The second-order valence-corrected chi connectivity index (χ2v) is 5.38. The lowest BCUT2D eigenvalue weighted by molar-refractivity contribution is 0.102. The Bertz CT molecular complexity index is 527. The highest BCUT2D eigenvalue weighted by Crippen LogP contribution is 2.21. The molecular formula is C12H12N2OS2. The minimum absolute atomic E-state index is 0.146. The van der Waals surface area contributed by atoms with Crippen LogP contribution in [0.3, 0.4) is 0 Å². The van der Waals surface area contributed by atoms with E-state index in [-0.39, 0.29) is 5.91 Å². The predicted octanol–water partition coefficient (Wildman–Crippen LogP) is 3.30. The molecule has 0 aliphatic heterocycles. The van der Waals surface area contributed by atoms with Crippen molar-refractivity contribution in [3.8, 4) is 0 Å². The standard InChI is InChI=1S/C12H12N2OS2/c1-7-8(2)17-12(13-7)14-11(15)9-3-5-10(16)6-4-9/h3-6,16H,1-2H3,(H,13,14,15). The van der Waals surface area contributed by atoms with Gasteiger partial charge in [-0.25, -0.2) is 4.98 Å². The molecule has 0 spiro atoms. The lowest BCUT2D eigenvalue weighted by atomic mass is 10.2. The van der Waals surface area contributed by atoms with Gasteiger partial charge in [-0.3, -0.25) is 10.1 Å². The van der Waals surface area contributed by atoms with Crippen molar-refractivity contribution >= 4 is 35.0 Å². The highest BCUT2D eigenvalue weighted by molar-refractivity contribution is 7.80. The molecule has 0 saturated carbocycles. The lowest BCUT2D eigenvalue weighted by Gasteiger charge is -2.01. The summed E-state index contributed by atoms with van der Waals surface area (Å²) in [6.07, 6.45) is 0. The molecule has 1 N–H and O–H groups in total. The Hall–Kier alpha value is -1.33. The van der Waals surface area contributed by atoms with Crippen LogP contribution in [0.5, 0.6) is 0 Å². The number of carbonyl (C=O) groups is 1. The average Bonchev–Trinajstić information content (AvgIpc) is 2.58. The quantitative estimate of drug-likeness (QED) is 0.817. The number of benzene rings is 1. The van der Waals surface area contributed by atoms with Gasteiger partial charge < -0.3 is 0 Å². The van der Waals surface area contributed by atoms with E-state index in [9.17, 15) is 4.79 Å². The molecule has 0 saturated heterocycles. The van der Waals surface area contributed by atoms with Crippen LogP contribution in [0.4, 0.5) is 5.13 Å². The van der Waals surface area contributed by atoms with Crippen molar-refractivity contribution in [3.63, 3.8) is 0 Å². The van der Waals surface area contributed by atoms with Gasteiger partial charge in [-0.1, -0.05) is 0 Å². The summed E-state index contributed by atoms with van der Waals surface area (Å²) in [5, 5.41) is 3.42. The zero-order valence-electron chi connectivity index (χ0n) is 9.52. The minimum Gasteiger partial charge on any atom is -0.298 e. The van der Waals surface area contributed by atoms with Crippen LogP contribution in [-0.4, -0.2) is 10.9 Å². The van der Waals surface area contributed by atoms with E-state index in [2.05, 4.69) is 22.9 Å². The van der Waals surface area contributed by atoms with E-state index in [0.29, 0.717) is 10.7 Å². The highest BCUT2D eigenvalue weighted by Gasteiger charge is 2.09. The molecule has 1 amide bonds. The molecule has 0 radical (unpaired) electrons. The summed E-state index contributed by atoms with van der Waals surface area (Å²) >= 11 is 5.66. The number of carbonyl (C=O) groups excluding carboxylic acids is 1. The van der Waals surface area contributed by atoms with Crippen molar-refractivity contribution in [2.75, 3.05) is 5.32 Å². The van der Waals surface area contributed by atoms with Crippen LogP contribution >= 0.6 is 24.0 Å². The Morgan fingerprint density at radius 2 is 1.94 bits per heavy atom. The Labute approximate surface area is 109 Å². The number of thiol groups is 1. The summed E-state index contributed by atoms with van der Waals surface area (Å²) in [4.78, 5) is 18.1. The first-order chi connectivity index (χ1) is 8.06. The van der Waals surface area contributed by atoms with Crippen LogP contribution < -0.4 is 5.32 Å². The first kappa shape index (κ1) is 12.1. The van der Waals surface area contributed by atoms with Gasteiger partial charge in [0.2, 0.25) is 0 Å². The summed E-state index contributed by atoms with van der Waals surface area (Å²) in [5.74, 6) is -0.146. The topological polar surface area (TPSA) is 42.0 Å². The van der Waals surface area contributed by atoms with Crippen molar-refractivity contribution in [3.05, 3.63) is 40.4 Å². The van der Waals surface area contributed by atoms with Gasteiger partial charge in [-0.15, -0.1) is 24.0 Å². The van der Waals surface area contributed by atoms with Gasteiger partial charge in [0.1, 0.15) is 0 Å². The molecule has 3 nitrogen and oxygen atoms in total. The first-order valence-electron chi connectivity index (χ1n) is 5.10. The molecule has 0 unspecified atom stereocenters. The van der Waals surface area contributed by atoms with E-state index in [1.54, 1.807) is 24.3 Å². The Kier molecular flexibility index (Phi) is 3.49. The molecule has 0 atom stereocenters. The van der Waals surface area contributed by atoms with E-state index in [1.165, 1.54) is 11.3 Å². The van der Waals surface area contributed by atoms with Crippen LogP contribution in [0.25, 0.3) is 0 Å². The van der Waals surface area contributed by atoms with Crippen molar-refractivity contribution in [2.45, 2.75) is 18.7 Å². The fraction of sp³-hybridized carbons (Fsp3) is 0.167. The third-order valence-electron chi connectivity index (χ3n) is 2.38. The Balaban J connectivity index is 2.14. The molecule has 0 aliphatic rings. The molecule has 88 valence electrons. The number of nitrogens with one attached hydrogen (secondary N) is 1. The normalized spacial score (nSPS) is 10.3. The van der Waals surface area contributed by atoms with Gasteiger partial charge in [-0.05, 0) is 38.1 Å². The summed E-state index contributed by atoms with van der Waals surface area (Å²) < 4.78 is 0. The van der Waals surface area contributed by atoms with E-state index in [1.807, 2.05) is 13.8 Å². The number of aryl methyl sites for hydroxylation is 2. The van der Waals surface area contributed by atoms with Gasteiger partial charge in [0.15, 0.2) is 5.13 Å². The molecule has 17 heavy (non-hydrogen) atoms. The largest absolute Gasteiger partial charge is 0.298 e. The van der Waals surface area contributed by atoms with Gasteiger partial charge >= 0.3 is 0 Å². The number of anilines is 1. The second-order valence-electron chi connectivity index (χ2n) is 3.66. The highest BCUT2D eigenvalue weighted by atomic mass is 32.1. The van der Waals surface area contributed by atoms with Crippen molar-refractivity contribution < 1.29 is 4.79 Å². The molecule has 2 rings (SSSR count). The van der Waals surface area contributed by atoms with Crippen LogP contribution in [0.2, 0.25) is 0 Å². The second kappa shape index (κ2) is 4.89. The molecule has 1 aromatic carbocycles. The summed E-state index contributed by atoms with van der Waals surface area (Å²) in [5.41, 5.74) is 1.56. The number of hydrogen-bond donors (Lipinski definition) is 2. The zero-order valence-corrected chi connectivity index (χ0v) is 11.2. The molecule has 2 aromatic rings. The first-order valence-corrected chi connectivity index (χ1v) is 6.37. The Morgan fingerprint density at radius 1 is 1.29 bits per heavy atom. The third-order valence-corrected chi connectivity index (χ3v) is 3.66. The van der Waals surface area contributed by atoms with E-state index >= 15 is 0 Å². The number of aromatic nitrogens is 1. The molecule has 5 heteroatoms. The molecule has 1 aromatic heterocycles. The maximum Gasteiger partial charge on any atom is 0.257 e. The zero-order chi connectivity index (χ0) is 12.4. The monoisotopic (exact) mass is 264 g/mol. The van der Waals surface area contributed by atoms with E-state index in [4.69, 9.17) is 0 Å². The fourth-order valence-corrected chi connectivity index (χ4v) is 2.27. The maximum absolute atomic E-state index is 11.9. The van der Waals surface area contributed by atoms with Crippen LogP contribution in [0, 0.1) is 13.8 Å². The van der Waals surface area contributed by atoms with Gasteiger partial charge in [0, 0.05) is 15.3 Å². The number of thiazole rings is 1. The van der Waals surface area contributed by atoms with Crippen LogP contribution in [0.15, 0.2) is 29.2 Å². The molecule has 0 bridgehead atoms. The number of hydrogen-bond acceptors (Lipinski definition) is 4. The molecule has 0 aliphatic carbocycles. The lowest BCUT2D eigenvalue weighted by Crippen LogP contribution is -2.11. The third kappa shape index (κ3) is 2.87. The summed E-state index contributed by atoms with van der Waals surface area (Å²) in [7, 11) is 0. The number of nitrogens with zero attached hydrogens (tertiary/aromatic N) is 1. The van der Waals surface area contributed by atoms with Crippen LogP contribution in [0.1, 0.15) is 20.9 Å². The van der Waals surface area contributed by atoms with Crippen molar-refractivity contribution in [1.82, 2.24) is 4.98 Å². The van der Waals surface area contributed by atoms with E-state index < -0.39 is 0 Å². The smallest absolute Gasteiger partial charge is 0.257 e. The minimum atomic E-state index is -0.146. The fourth-order valence-electron chi connectivity index (χ4n) is 1.31. The van der Waals surface area contributed by atoms with Crippen LogP contribution in [-0.2, 0) is 0 Å². The maximum atomic E-state index is 11.9. The summed E-state index contributed by atoms with van der Waals surface area (Å²) in [6, 6.07) is 7.06. The van der Waals surface area contributed by atoms with Gasteiger partial charge in [0.25, 0.3) is 5.91 Å². The Morgan fingerprint density at radius 3 is 2.47 bits per heavy atom. The van der Waals surface area contributed by atoms with Gasteiger partial charge in [0.05, 0.1) is 5.69 Å². The SMILES string of the molecule is Cc1nc(NC(=O)c2ccc(S)cc2)sc1C.